The molecule has 0 aromatic heterocycles. The van der Waals surface area contributed by atoms with Gasteiger partial charge in [0.2, 0.25) is 0 Å². The van der Waals surface area contributed by atoms with Gasteiger partial charge < -0.3 is 5.11 Å². The van der Waals surface area contributed by atoms with Crippen molar-refractivity contribution >= 4 is 22.5 Å². The SMILES string of the molecule is OC(CSc1cccc2ccccc12)CN1CCN(C(c2ccc(F)cc2)c2ccc(F)cc2)CC1. The van der Waals surface area contributed by atoms with E-state index in [1.807, 2.05) is 36.4 Å². The monoisotopic (exact) mass is 504 g/mol. The molecule has 1 atom stereocenters. The first-order valence-corrected chi connectivity index (χ1v) is 13.3. The molecule has 0 bridgehead atoms. The van der Waals surface area contributed by atoms with Gasteiger partial charge in [0.15, 0.2) is 0 Å². The number of piperazine rings is 1. The van der Waals surface area contributed by atoms with Crippen LogP contribution < -0.4 is 0 Å². The summed E-state index contributed by atoms with van der Waals surface area (Å²) in [7, 11) is 0. The predicted octanol–water partition coefficient (Wildman–Crippen LogP) is 5.98. The number of nitrogens with zero attached hydrogens (tertiary/aromatic N) is 2. The van der Waals surface area contributed by atoms with Gasteiger partial charge >= 0.3 is 0 Å². The van der Waals surface area contributed by atoms with Crippen LogP contribution in [0.5, 0.6) is 0 Å². The molecule has 36 heavy (non-hydrogen) atoms. The molecule has 1 aliphatic heterocycles. The zero-order valence-electron chi connectivity index (χ0n) is 20.1. The van der Waals surface area contributed by atoms with Crippen LogP contribution in [0.3, 0.4) is 0 Å². The smallest absolute Gasteiger partial charge is 0.123 e. The number of thioether (sulfide) groups is 1. The number of aliphatic hydroxyl groups is 1. The van der Waals surface area contributed by atoms with Crippen LogP contribution >= 0.6 is 11.8 Å². The van der Waals surface area contributed by atoms with E-state index in [1.54, 1.807) is 11.8 Å². The second-order valence-electron chi connectivity index (χ2n) is 9.28. The molecule has 4 aromatic rings. The van der Waals surface area contributed by atoms with Crippen LogP contribution in [-0.4, -0.2) is 59.5 Å². The molecule has 1 unspecified atom stereocenters. The third-order valence-corrected chi connectivity index (χ3v) is 8.01. The lowest BCUT2D eigenvalue weighted by Crippen LogP contribution is -2.50. The number of benzene rings is 4. The van der Waals surface area contributed by atoms with Crippen LogP contribution in [0.1, 0.15) is 17.2 Å². The molecule has 0 aliphatic carbocycles. The fraction of sp³-hybridized carbons (Fsp3) is 0.267. The van der Waals surface area contributed by atoms with E-state index >= 15 is 0 Å². The second-order valence-corrected chi connectivity index (χ2v) is 10.3. The van der Waals surface area contributed by atoms with Gasteiger partial charge in [0.05, 0.1) is 12.1 Å². The fourth-order valence-electron chi connectivity index (χ4n) is 4.97. The molecule has 1 fully saturated rings. The van der Waals surface area contributed by atoms with Crippen molar-refractivity contribution in [1.29, 1.82) is 0 Å². The van der Waals surface area contributed by atoms with E-state index in [0.29, 0.717) is 12.3 Å². The van der Waals surface area contributed by atoms with E-state index < -0.39 is 6.10 Å². The Bertz CT molecular complexity index is 1220. The van der Waals surface area contributed by atoms with Crippen molar-refractivity contribution in [1.82, 2.24) is 9.80 Å². The average Bonchev–Trinajstić information content (AvgIpc) is 2.91. The fourth-order valence-corrected chi connectivity index (χ4v) is 5.96. The van der Waals surface area contributed by atoms with Gasteiger partial charge in [0, 0.05) is 43.4 Å². The molecular formula is C30H30F2N2OS. The summed E-state index contributed by atoms with van der Waals surface area (Å²) in [4.78, 5) is 5.85. The minimum Gasteiger partial charge on any atom is -0.391 e. The molecule has 0 spiro atoms. The highest BCUT2D eigenvalue weighted by Crippen LogP contribution is 2.31. The number of β-amino-alcohol motifs (C(OH)–C–C–N with tert-alkyl or cyclic N) is 1. The maximum atomic E-state index is 13.6. The van der Waals surface area contributed by atoms with Gasteiger partial charge in [-0.3, -0.25) is 9.80 Å². The molecule has 3 nitrogen and oxygen atoms in total. The number of hydrogen-bond acceptors (Lipinski definition) is 4. The van der Waals surface area contributed by atoms with E-state index in [-0.39, 0.29) is 17.7 Å². The maximum Gasteiger partial charge on any atom is 0.123 e. The Kier molecular flexibility index (Phi) is 7.97. The number of aliphatic hydroxyl groups excluding tert-OH is 1. The van der Waals surface area contributed by atoms with Crippen LogP contribution in [0.2, 0.25) is 0 Å². The molecular weight excluding hydrogens is 474 g/mol. The lowest BCUT2D eigenvalue weighted by molar-refractivity contribution is 0.0708. The Morgan fingerprint density at radius 2 is 1.31 bits per heavy atom. The third-order valence-electron chi connectivity index (χ3n) is 6.79. The lowest BCUT2D eigenvalue weighted by atomic mass is 9.96. The van der Waals surface area contributed by atoms with Gasteiger partial charge in [-0.2, -0.15) is 0 Å². The van der Waals surface area contributed by atoms with Crippen molar-refractivity contribution in [3.8, 4) is 0 Å². The predicted molar refractivity (Wildman–Crippen MR) is 143 cm³/mol. The van der Waals surface area contributed by atoms with Gasteiger partial charge in [-0.05, 0) is 52.2 Å². The summed E-state index contributed by atoms with van der Waals surface area (Å²) in [6, 6.07) is 27.7. The first-order valence-electron chi connectivity index (χ1n) is 12.3. The molecule has 1 N–H and O–H groups in total. The molecule has 0 radical (unpaired) electrons. The van der Waals surface area contributed by atoms with E-state index in [4.69, 9.17) is 0 Å². The van der Waals surface area contributed by atoms with E-state index in [0.717, 1.165) is 37.3 Å². The van der Waals surface area contributed by atoms with E-state index in [1.165, 1.54) is 39.9 Å². The topological polar surface area (TPSA) is 26.7 Å². The van der Waals surface area contributed by atoms with Crippen molar-refractivity contribution in [2.45, 2.75) is 17.0 Å². The lowest BCUT2D eigenvalue weighted by Gasteiger charge is -2.40. The largest absolute Gasteiger partial charge is 0.391 e. The first-order chi connectivity index (χ1) is 17.6. The highest BCUT2D eigenvalue weighted by Gasteiger charge is 2.27. The first kappa shape index (κ1) is 24.9. The van der Waals surface area contributed by atoms with Crippen molar-refractivity contribution in [3.63, 3.8) is 0 Å². The minimum atomic E-state index is -0.425. The molecule has 5 rings (SSSR count). The molecule has 4 aromatic carbocycles. The molecule has 6 heteroatoms. The van der Waals surface area contributed by atoms with Gasteiger partial charge in [-0.1, -0.05) is 60.7 Å². The molecule has 1 heterocycles. The summed E-state index contributed by atoms with van der Waals surface area (Å²) in [6.07, 6.45) is -0.425. The van der Waals surface area contributed by atoms with Crippen LogP contribution in [-0.2, 0) is 0 Å². The molecule has 186 valence electrons. The highest BCUT2D eigenvalue weighted by molar-refractivity contribution is 7.99. The molecule has 1 saturated heterocycles. The van der Waals surface area contributed by atoms with Crippen LogP contribution in [0, 0.1) is 11.6 Å². The Labute approximate surface area is 215 Å². The van der Waals surface area contributed by atoms with Gasteiger partial charge in [-0.25, -0.2) is 8.78 Å². The van der Waals surface area contributed by atoms with Crippen LogP contribution in [0.15, 0.2) is 95.9 Å². The van der Waals surface area contributed by atoms with Crippen molar-refractivity contribution in [3.05, 3.63) is 114 Å². The summed E-state index contributed by atoms with van der Waals surface area (Å²) in [5.41, 5.74) is 1.98. The molecule has 0 saturated carbocycles. The molecule has 0 amide bonds. The summed E-state index contributed by atoms with van der Waals surface area (Å²) in [5, 5.41) is 13.2. The third kappa shape index (κ3) is 5.95. The Morgan fingerprint density at radius 1 is 0.722 bits per heavy atom. The van der Waals surface area contributed by atoms with Gasteiger partial charge in [0.25, 0.3) is 0 Å². The minimum absolute atomic E-state index is 0.0693. The highest BCUT2D eigenvalue weighted by atomic mass is 32.2. The Balaban J connectivity index is 1.19. The summed E-state index contributed by atoms with van der Waals surface area (Å²) in [6.45, 7) is 3.90. The molecule has 1 aliphatic rings. The summed E-state index contributed by atoms with van der Waals surface area (Å²) >= 11 is 1.70. The Hall–Kier alpha value is -2.77. The zero-order chi connectivity index (χ0) is 24.9. The Morgan fingerprint density at radius 3 is 1.94 bits per heavy atom. The van der Waals surface area contributed by atoms with Crippen LogP contribution in [0.25, 0.3) is 10.8 Å². The number of halogens is 2. The maximum absolute atomic E-state index is 13.6. The van der Waals surface area contributed by atoms with Crippen LogP contribution in [0.4, 0.5) is 8.78 Å². The zero-order valence-corrected chi connectivity index (χ0v) is 20.9. The van der Waals surface area contributed by atoms with Gasteiger partial charge in [0.1, 0.15) is 11.6 Å². The van der Waals surface area contributed by atoms with Gasteiger partial charge in [-0.15, -0.1) is 11.8 Å². The second kappa shape index (κ2) is 11.5. The number of rotatable bonds is 8. The van der Waals surface area contributed by atoms with E-state index in [2.05, 4.69) is 40.1 Å². The summed E-state index contributed by atoms with van der Waals surface area (Å²) < 4.78 is 27.1. The van der Waals surface area contributed by atoms with Crippen molar-refractivity contribution in [2.75, 3.05) is 38.5 Å². The van der Waals surface area contributed by atoms with Crippen molar-refractivity contribution < 1.29 is 13.9 Å². The standard InChI is InChI=1S/C30H30F2N2OS/c31-25-12-8-23(9-13-25)30(24-10-14-26(32)15-11-24)34-18-16-33(17-19-34)20-27(35)21-36-29-7-3-5-22-4-1-2-6-28(22)29/h1-15,27,30,35H,16-21H2. The quantitative estimate of drug-likeness (QED) is 0.299. The number of hydrogen-bond donors (Lipinski definition) is 1. The normalized spacial score (nSPS) is 16.0. The average molecular weight is 505 g/mol. The number of fused-ring (bicyclic) bond motifs is 1. The van der Waals surface area contributed by atoms with Crippen molar-refractivity contribution in [2.24, 2.45) is 0 Å². The summed E-state index contributed by atoms with van der Waals surface area (Å²) in [5.74, 6) is 0.107. The van der Waals surface area contributed by atoms with E-state index in [9.17, 15) is 13.9 Å².